The monoisotopic (exact) mass is 260 g/mol. The van der Waals surface area contributed by atoms with E-state index in [1.54, 1.807) is 11.3 Å². The van der Waals surface area contributed by atoms with Crippen molar-refractivity contribution in [3.8, 4) is 0 Å². The van der Waals surface area contributed by atoms with E-state index in [9.17, 15) is 0 Å². The first-order chi connectivity index (χ1) is 7.81. The zero-order valence-corrected chi connectivity index (χ0v) is 10.8. The Hall–Kier alpha value is -0.160. The molecular weight excluding hydrogens is 244 g/mol. The van der Waals surface area contributed by atoms with E-state index < -0.39 is 0 Å². The van der Waals surface area contributed by atoms with Gasteiger partial charge in [-0.3, -0.25) is 4.90 Å². The number of hydrogen-bond donors (Lipinski definition) is 1. The number of aliphatic hydroxyl groups is 1. The quantitative estimate of drug-likeness (QED) is 0.843. The summed E-state index contributed by atoms with van der Waals surface area (Å²) in [6.07, 6.45) is 2.20. The summed E-state index contributed by atoms with van der Waals surface area (Å²) in [7, 11) is 0. The van der Waals surface area contributed by atoms with Gasteiger partial charge in [0.15, 0.2) is 0 Å². The summed E-state index contributed by atoms with van der Waals surface area (Å²) in [5.41, 5.74) is 0.979. The minimum atomic E-state index is 0.335. The van der Waals surface area contributed by atoms with Crippen molar-refractivity contribution in [2.45, 2.75) is 25.3 Å². The highest BCUT2D eigenvalue weighted by Crippen LogP contribution is 2.20. The molecule has 0 bridgehead atoms. The fraction of sp³-hybridized carbons (Fsp3) is 0.727. The molecule has 0 radical (unpaired) electrons. The molecule has 5 heteroatoms. The van der Waals surface area contributed by atoms with E-state index >= 15 is 0 Å². The molecule has 1 saturated heterocycles. The van der Waals surface area contributed by atoms with Crippen LogP contribution in [0.2, 0.25) is 0 Å². The van der Waals surface area contributed by atoms with Gasteiger partial charge in [0, 0.05) is 12.0 Å². The maximum Gasteiger partial charge on any atom is 0.107 e. The van der Waals surface area contributed by atoms with Gasteiger partial charge in [-0.2, -0.15) is 0 Å². The van der Waals surface area contributed by atoms with E-state index in [0.717, 1.165) is 43.2 Å². The molecule has 1 aromatic rings. The molecule has 90 valence electrons. The zero-order valence-electron chi connectivity index (χ0n) is 9.23. The number of piperidine rings is 1. The number of alkyl halides is 1. The second-order valence-electron chi connectivity index (χ2n) is 4.27. The normalized spacial score (nSPS) is 19.1. The highest BCUT2D eigenvalue weighted by molar-refractivity contribution is 7.09. The molecule has 0 amide bonds. The lowest BCUT2D eigenvalue weighted by atomic mass is 9.98. The van der Waals surface area contributed by atoms with Crippen LogP contribution < -0.4 is 0 Å². The Morgan fingerprint density at radius 3 is 2.81 bits per heavy atom. The lowest BCUT2D eigenvalue weighted by Gasteiger charge is -2.30. The minimum Gasteiger partial charge on any atom is -0.396 e. The smallest absolute Gasteiger partial charge is 0.107 e. The summed E-state index contributed by atoms with van der Waals surface area (Å²) in [5, 5.41) is 12.2. The molecule has 1 N–H and O–H groups in total. The first kappa shape index (κ1) is 12.3. The average molecular weight is 261 g/mol. The molecule has 0 aliphatic carbocycles. The number of thiazole rings is 1. The van der Waals surface area contributed by atoms with E-state index in [1.165, 1.54) is 0 Å². The zero-order chi connectivity index (χ0) is 11.4. The molecule has 2 heterocycles. The van der Waals surface area contributed by atoms with Crippen molar-refractivity contribution in [1.82, 2.24) is 9.88 Å². The molecule has 1 fully saturated rings. The summed E-state index contributed by atoms with van der Waals surface area (Å²) < 4.78 is 0. The van der Waals surface area contributed by atoms with Crippen molar-refractivity contribution >= 4 is 22.9 Å². The van der Waals surface area contributed by atoms with Crippen LogP contribution in [-0.2, 0) is 12.4 Å². The number of nitrogens with zero attached hydrogens (tertiary/aromatic N) is 2. The molecule has 0 unspecified atom stereocenters. The summed E-state index contributed by atoms with van der Waals surface area (Å²) in [5.74, 6) is 1.01. The fourth-order valence-electron chi connectivity index (χ4n) is 2.00. The van der Waals surface area contributed by atoms with Crippen molar-refractivity contribution < 1.29 is 5.11 Å². The van der Waals surface area contributed by atoms with E-state index in [2.05, 4.69) is 9.88 Å². The first-order valence-electron chi connectivity index (χ1n) is 5.64. The van der Waals surface area contributed by atoms with Crippen molar-refractivity contribution in [1.29, 1.82) is 0 Å². The van der Waals surface area contributed by atoms with Crippen LogP contribution in [0.1, 0.15) is 23.5 Å². The van der Waals surface area contributed by atoms with Crippen LogP contribution in [0.5, 0.6) is 0 Å². The lowest BCUT2D eigenvalue weighted by Crippen LogP contribution is -2.34. The van der Waals surface area contributed by atoms with E-state index in [-0.39, 0.29) is 0 Å². The Labute approximate surface area is 105 Å². The predicted octanol–water partition coefficient (Wildman–Crippen LogP) is 2.09. The molecule has 1 aromatic heterocycles. The van der Waals surface area contributed by atoms with E-state index in [4.69, 9.17) is 16.7 Å². The lowest BCUT2D eigenvalue weighted by molar-refractivity contribution is 0.127. The van der Waals surface area contributed by atoms with Gasteiger partial charge in [-0.1, -0.05) is 0 Å². The van der Waals surface area contributed by atoms with Gasteiger partial charge in [0.2, 0.25) is 0 Å². The second kappa shape index (κ2) is 5.96. The Kier molecular flexibility index (Phi) is 4.58. The highest BCUT2D eigenvalue weighted by Gasteiger charge is 2.19. The van der Waals surface area contributed by atoms with Gasteiger partial charge in [0.25, 0.3) is 0 Å². The van der Waals surface area contributed by atoms with E-state index in [0.29, 0.717) is 18.4 Å². The summed E-state index contributed by atoms with van der Waals surface area (Å²) in [6.45, 7) is 3.41. The van der Waals surface area contributed by atoms with Gasteiger partial charge in [0.05, 0.1) is 18.1 Å². The largest absolute Gasteiger partial charge is 0.396 e. The van der Waals surface area contributed by atoms with Gasteiger partial charge in [-0.05, 0) is 31.8 Å². The molecule has 0 spiro atoms. The molecule has 16 heavy (non-hydrogen) atoms. The number of halogens is 1. The van der Waals surface area contributed by atoms with Gasteiger partial charge in [-0.15, -0.1) is 22.9 Å². The molecule has 0 atom stereocenters. The van der Waals surface area contributed by atoms with Crippen molar-refractivity contribution in [2.24, 2.45) is 5.92 Å². The second-order valence-corrected chi connectivity index (χ2v) is 5.48. The van der Waals surface area contributed by atoms with Crippen LogP contribution >= 0.6 is 22.9 Å². The van der Waals surface area contributed by atoms with Crippen molar-refractivity contribution in [3.05, 3.63) is 16.1 Å². The molecule has 1 aliphatic heterocycles. The number of rotatable bonds is 4. The summed E-state index contributed by atoms with van der Waals surface area (Å²) in [4.78, 5) is 6.86. The van der Waals surface area contributed by atoms with Crippen LogP contribution in [0, 0.1) is 5.92 Å². The number of likely N-dealkylation sites (tertiary alicyclic amines) is 1. The third-order valence-corrected chi connectivity index (χ3v) is 4.22. The first-order valence-corrected chi connectivity index (χ1v) is 7.05. The Balaban J connectivity index is 1.82. The van der Waals surface area contributed by atoms with Crippen LogP contribution in [0.25, 0.3) is 0 Å². The maximum absolute atomic E-state index is 9.06. The number of aliphatic hydroxyl groups excluding tert-OH is 1. The van der Waals surface area contributed by atoms with Crippen LogP contribution in [0.3, 0.4) is 0 Å². The fourth-order valence-corrected chi connectivity index (χ4v) is 3.06. The number of hydrogen-bond acceptors (Lipinski definition) is 4. The van der Waals surface area contributed by atoms with Crippen molar-refractivity contribution in [3.63, 3.8) is 0 Å². The van der Waals surface area contributed by atoms with Gasteiger partial charge in [-0.25, -0.2) is 4.98 Å². The summed E-state index contributed by atoms with van der Waals surface area (Å²) >= 11 is 7.41. The van der Waals surface area contributed by atoms with Crippen LogP contribution in [0.4, 0.5) is 0 Å². The molecule has 1 aliphatic rings. The number of aromatic nitrogens is 1. The molecule has 0 aromatic carbocycles. The highest BCUT2D eigenvalue weighted by atomic mass is 35.5. The Bertz CT molecular complexity index is 324. The van der Waals surface area contributed by atoms with E-state index in [1.807, 2.05) is 5.38 Å². The maximum atomic E-state index is 9.06. The Morgan fingerprint density at radius 2 is 2.25 bits per heavy atom. The van der Waals surface area contributed by atoms with Gasteiger partial charge >= 0.3 is 0 Å². The predicted molar refractivity (Wildman–Crippen MR) is 66.8 cm³/mol. The molecular formula is C11H17ClN2OS. The van der Waals surface area contributed by atoms with Crippen LogP contribution in [-0.4, -0.2) is 34.7 Å². The molecule has 0 saturated carbocycles. The minimum absolute atomic E-state index is 0.335. The third-order valence-electron chi connectivity index (χ3n) is 3.06. The third kappa shape index (κ3) is 3.17. The SMILES string of the molecule is OCC1CCN(Cc2nc(CCl)cs2)CC1. The molecule has 3 nitrogen and oxygen atoms in total. The van der Waals surface area contributed by atoms with Gasteiger partial charge in [0.1, 0.15) is 5.01 Å². The standard InChI is InChI=1S/C11H17ClN2OS/c12-5-10-8-16-11(13-10)6-14-3-1-9(7-15)2-4-14/h8-9,15H,1-7H2. The topological polar surface area (TPSA) is 36.4 Å². The average Bonchev–Trinajstić information content (AvgIpc) is 2.78. The Morgan fingerprint density at radius 1 is 1.50 bits per heavy atom. The molecule has 2 rings (SSSR count). The van der Waals surface area contributed by atoms with Gasteiger partial charge < -0.3 is 5.11 Å². The van der Waals surface area contributed by atoms with Crippen molar-refractivity contribution in [2.75, 3.05) is 19.7 Å². The van der Waals surface area contributed by atoms with Crippen LogP contribution in [0.15, 0.2) is 5.38 Å². The summed E-state index contributed by atoms with van der Waals surface area (Å²) in [6, 6.07) is 0.